The smallest absolute Gasteiger partial charge is 0.146 e. The normalized spacial score (nSPS) is 14.9. The first-order valence-corrected chi connectivity index (χ1v) is 12.0. The first-order valence-electron chi connectivity index (χ1n) is 12.0. The maximum Gasteiger partial charge on any atom is 0.146 e. The first-order chi connectivity index (χ1) is 17.5. The van der Waals surface area contributed by atoms with Gasteiger partial charge in [-0.3, -0.25) is 9.89 Å². The van der Waals surface area contributed by atoms with Gasteiger partial charge in [0.05, 0.1) is 13.2 Å². The van der Waals surface area contributed by atoms with E-state index in [0.29, 0.717) is 24.7 Å². The topological polar surface area (TPSA) is 71.9 Å². The van der Waals surface area contributed by atoms with Crippen LogP contribution >= 0.6 is 0 Å². The summed E-state index contributed by atoms with van der Waals surface area (Å²) < 4.78 is 25.2. The number of fused-ring (bicyclic) bond motifs is 1. The van der Waals surface area contributed by atoms with Gasteiger partial charge < -0.3 is 14.8 Å². The summed E-state index contributed by atoms with van der Waals surface area (Å²) in [5, 5.41) is 4.20. The molecule has 2 aromatic carbocycles. The number of allylic oxidation sites excluding steroid dienone is 1. The molecule has 0 amide bonds. The Morgan fingerprint density at radius 2 is 1.94 bits per heavy atom. The predicted molar refractivity (Wildman–Crippen MR) is 143 cm³/mol. The second-order valence-electron chi connectivity index (χ2n) is 8.61. The number of hydrogen-bond acceptors (Lipinski definition) is 7. The van der Waals surface area contributed by atoms with Gasteiger partial charge in [0.2, 0.25) is 0 Å². The van der Waals surface area contributed by atoms with E-state index in [1.807, 2.05) is 31.2 Å². The molecule has 0 radical (unpaired) electrons. The Morgan fingerprint density at radius 3 is 2.69 bits per heavy atom. The summed E-state index contributed by atoms with van der Waals surface area (Å²) in [6, 6.07) is 10.4. The van der Waals surface area contributed by atoms with Crippen molar-refractivity contribution < 1.29 is 13.9 Å². The third kappa shape index (κ3) is 6.74. The molecule has 4 rings (SSSR count). The number of anilines is 1. The second-order valence-corrected chi connectivity index (χ2v) is 8.61. The fourth-order valence-corrected chi connectivity index (χ4v) is 3.87. The third-order valence-electron chi connectivity index (χ3n) is 6.05. The van der Waals surface area contributed by atoms with Gasteiger partial charge in [0.15, 0.2) is 0 Å². The van der Waals surface area contributed by atoms with E-state index in [4.69, 9.17) is 9.47 Å². The quantitative estimate of drug-likeness (QED) is 0.327. The Kier molecular flexibility index (Phi) is 8.76. The molecule has 188 valence electrons. The van der Waals surface area contributed by atoms with Crippen LogP contribution in [-0.4, -0.2) is 73.6 Å². The highest BCUT2D eigenvalue weighted by molar-refractivity contribution is 5.96. The van der Waals surface area contributed by atoms with E-state index in [-0.39, 0.29) is 5.82 Å². The Labute approximate surface area is 211 Å². The van der Waals surface area contributed by atoms with Crippen LogP contribution in [0.2, 0.25) is 0 Å². The minimum absolute atomic E-state index is 0.276. The minimum atomic E-state index is -0.276. The van der Waals surface area contributed by atoms with Crippen LogP contribution in [0, 0.1) is 5.82 Å². The van der Waals surface area contributed by atoms with Crippen molar-refractivity contribution in [1.29, 1.82) is 0 Å². The molecule has 8 heteroatoms. The molecule has 1 aromatic heterocycles. The molecule has 36 heavy (non-hydrogen) atoms. The molecular weight excluding hydrogens is 457 g/mol. The van der Waals surface area contributed by atoms with Crippen molar-refractivity contribution >= 4 is 22.4 Å². The fraction of sp³-hybridized carbons (Fsp3) is 0.321. The number of ether oxygens (including phenoxy) is 2. The molecule has 0 unspecified atom stereocenters. The lowest BCUT2D eigenvalue weighted by molar-refractivity contribution is 0.0323. The van der Waals surface area contributed by atoms with E-state index < -0.39 is 0 Å². The van der Waals surface area contributed by atoms with Gasteiger partial charge in [-0.2, -0.15) is 0 Å². The Morgan fingerprint density at radius 1 is 1.17 bits per heavy atom. The molecular formula is C28H32FN5O2. The molecule has 0 saturated carbocycles. The standard InChI is InChI=1S/C28H32FN5O2/c1-20(4-5-21(2)30-3)18-31-28-25-16-23(22-6-8-24(29)9-7-22)17-26(27(25)32-19-33-28)36-15-12-34-10-13-35-14-11-34/h4-9,16-17,19H,1,10-15,18H2,2-3H3,(H,31,32,33)/b5-4-,30-21?. The zero-order chi connectivity index (χ0) is 25.3. The molecule has 1 fully saturated rings. The van der Waals surface area contributed by atoms with Crippen molar-refractivity contribution in [2.45, 2.75) is 6.92 Å². The fourth-order valence-electron chi connectivity index (χ4n) is 3.87. The van der Waals surface area contributed by atoms with Crippen LogP contribution in [0.3, 0.4) is 0 Å². The van der Waals surface area contributed by atoms with E-state index in [1.54, 1.807) is 19.2 Å². The Bertz CT molecular complexity index is 1250. The zero-order valence-corrected chi connectivity index (χ0v) is 20.8. The number of rotatable bonds is 10. The highest BCUT2D eigenvalue weighted by Crippen LogP contribution is 2.34. The molecule has 3 aromatic rings. The summed E-state index contributed by atoms with van der Waals surface area (Å²) in [6.07, 6.45) is 5.39. The van der Waals surface area contributed by atoms with Gasteiger partial charge >= 0.3 is 0 Å². The lowest BCUT2D eigenvalue weighted by atomic mass is 10.0. The van der Waals surface area contributed by atoms with Crippen LogP contribution in [0.25, 0.3) is 22.0 Å². The molecule has 1 aliphatic heterocycles. The summed E-state index contributed by atoms with van der Waals surface area (Å²) in [4.78, 5) is 15.5. The van der Waals surface area contributed by atoms with Crippen LogP contribution in [0.15, 0.2) is 72.0 Å². The average molecular weight is 490 g/mol. The highest BCUT2D eigenvalue weighted by Gasteiger charge is 2.15. The van der Waals surface area contributed by atoms with Crippen LogP contribution in [0.5, 0.6) is 5.75 Å². The number of benzene rings is 2. The van der Waals surface area contributed by atoms with Crippen molar-refractivity contribution in [3.05, 3.63) is 72.8 Å². The summed E-state index contributed by atoms with van der Waals surface area (Å²) in [6.45, 7) is 11.2. The average Bonchev–Trinajstić information content (AvgIpc) is 2.91. The van der Waals surface area contributed by atoms with Crippen LogP contribution < -0.4 is 10.1 Å². The predicted octanol–water partition coefficient (Wildman–Crippen LogP) is 4.76. The molecule has 2 heterocycles. The van der Waals surface area contributed by atoms with Crippen molar-refractivity contribution in [2.75, 3.05) is 58.4 Å². The van der Waals surface area contributed by atoms with Gasteiger partial charge in [-0.05, 0) is 54.0 Å². The first kappa shape index (κ1) is 25.5. The molecule has 1 aliphatic rings. The number of aromatic nitrogens is 2. The molecule has 0 aliphatic carbocycles. The Balaban J connectivity index is 1.61. The van der Waals surface area contributed by atoms with E-state index in [1.165, 1.54) is 18.5 Å². The molecule has 1 saturated heterocycles. The van der Waals surface area contributed by atoms with Gasteiger partial charge in [0.25, 0.3) is 0 Å². The van der Waals surface area contributed by atoms with Gasteiger partial charge in [0, 0.05) is 44.3 Å². The lowest BCUT2D eigenvalue weighted by Gasteiger charge is -2.26. The number of aliphatic imine (C=N–C) groups is 1. The number of hydrogen-bond donors (Lipinski definition) is 1. The summed E-state index contributed by atoms with van der Waals surface area (Å²) in [5.74, 6) is 1.07. The minimum Gasteiger partial charge on any atom is -0.490 e. The lowest BCUT2D eigenvalue weighted by Crippen LogP contribution is -2.38. The van der Waals surface area contributed by atoms with Gasteiger partial charge in [0.1, 0.15) is 35.8 Å². The third-order valence-corrected chi connectivity index (χ3v) is 6.05. The van der Waals surface area contributed by atoms with E-state index in [0.717, 1.165) is 66.2 Å². The van der Waals surface area contributed by atoms with E-state index >= 15 is 0 Å². The summed E-state index contributed by atoms with van der Waals surface area (Å²) in [7, 11) is 1.76. The van der Waals surface area contributed by atoms with Crippen molar-refractivity contribution in [3.8, 4) is 16.9 Å². The number of halogens is 1. The number of nitrogens with zero attached hydrogens (tertiary/aromatic N) is 4. The van der Waals surface area contributed by atoms with E-state index in [9.17, 15) is 4.39 Å². The molecule has 0 bridgehead atoms. The molecule has 0 spiro atoms. The molecule has 0 atom stereocenters. The summed E-state index contributed by atoms with van der Waals surface area (Å²) in [5.41, 5.74) is 4.31. The van der Waals surface area contributed by atoms with E-state index in [2.05, 4.69) is 31.8 Å². The van der Waals surface area contributed by atoms with Gasteiger partial charge in [-0.1, -0.05) is 24.8 Å². The van der Waals surface area contributed by atoms with Crippen LogP contribution in [0.1, 0.15) is 6.92 Å². The van der Waals surface area contributed by atoms with Crippen LogP contribution in [-0.2, 0) is 4.74 Å². The maximum atomic E-state index is 13.6. The Hall–Kier alpha value is -3.62. The van der Waals surface area contributed by atoms with Crippen molar-refractivity contribution in [1.82, 2.24) is 14.9 Å². The molecule has 7 nitrogen and oxygen atoms in total. The van der Waals surface area contributed by atoms with Crippen LogP contribution in [0.4, 0.5) is 10.2 Å². The monoisotopic (exact) mass is 489 g/mol. The molecule has 1 N–H and O–H groups in total. The van der Waals surface area contributed by atoms with Gasteiger partial charge in [-0.15, -0.1) is 0 Å². The SMILES string of the molecule is C=C(/C=C\C(C)=NC)CNc1ncnc2c(OCCN3CCOCC3)cc(-c3ccc(F)cc3)cc12. The largest absolute Gasteiger partial charge is 0.490 e. The maximum absolute atomic E-state index is 13.6. The second kappa shape index (κ2) is 12.4. The number of morpholine rings is 1. The number of nitrogens with one attached hydrogen (secondary N) is 1. The van der Waals surface area contributed by atoms with Crippen molar-refractivity contribution in [2.24, 2.45) is 4.99 Å². The summed E-state index contributed by atoms with van der Waals surface area (Å²) >= 11 is 0. The van der Waals surface area contributed by atoms with Crippen molar-refractivity contribution in [3.63, 3.8) is 0 Å². The highest BCUT2D eigenvalue weighted by atomic mass is 19.1. The van der Waals surface area contributed by atoms with Gasteiger partial charge in [-0.25, -0.2) is 14.4 Å². The zero-order valence-electron chi connectivity index (χ0n) is 20.8.